The SMILES string of the molecule is CCN(CC1CC(C(C)C)CCC1O)c1ccccc1. The van der Waals surface area contributed by atoms with Gasteiger partial charge >= 0.3 is 0 Å². The van der Waals surface area contributed by atoms with Gasteiger partial charge in [0.05, 0.1) is 6.10 Å². The topological polar surface area (TPSA) is 23.5 Å². The number of rotatable bonds is 5. The molecule has 0 aromatic heterocycles. The maximum absolute atomic E-state index is 10.3. The molecule has 0 saturated heterocycles. The van der Waals surface area contributed by atoms with Gasteiger partial charge in [0.2, 0.25) is 0 Å². The van der Waals surface area contributed by atoms with Crippen LogP contribution in [-0.4, -0.2) is 24.3 Å². The van der Waals surface area contributed by atoms with E-state index in [9.17, 15) is 5.11 Å². The first-order chi connectivity index (χ1) is 9.61. The van der Waals surface area contributed by atoms with Crippen LogP contribution in [0.25, 0.3) is 0 Å². The number of benzene rings is 1. The lowest BCUT2D eigenvalue weighted by Crippen LogP contribution is -2.40. The van der Waals surface area contributed by atoms with Crippen molar-refractivity contribution >= 4 is 5.69 Å². The average Bonchev–Trinajstić information content (AvgIpc) is 2.47. The van der Waals surface area contributed by atoms with Gasteiger partial charge in [-0.2, -0.15) is 0 Å². The van der Waals surface area contributed by atoms with Crippen LogP contribution in [0.5, 0.6) is 0 Å². The summed E-state index contributed by atoms with van der Waals surface area (Å²) in [5, 5.41) is 10.3. The predicted molar refractivity (Wildman–Crippen MR) is 86.0 cm³/mol. The third-order valence-electron chi connectivity index (χ3n) is 4.88. The molecular weight excluding hydrogens is 246 g/mol. The van der Waals surface area contributed by atoms with E-state index in [2.05, 4.69) is 56.0 Å². The van der Waals surface area contributed by atoms with Crippen molar-refractivity contribution in [3.05, 3.63) is 30.3 Å². The third kappa shape index (κ3) is 3.76. The van der Waals surface area contributed by atoms with Crippen LogP contribution in [0.4, 0.5) is 5.69 Å². The van der Waals surface area contributed by atoms with Gasteiger partial charge in [0, 0.05) is 24.7 Å². The summed E-state index contributed by atoms with van der Waals surface area (Å²) in [7, 11) is 0. The third-order valence-corrected chi connectivity index (χ3v) is 4.88. The van der Waals surface area contributed by atoms with Crippen molar-refractivity contribution in [3.8, 4) is 0 Å². The predicted octanol–water partition coefficient (Wildman–Crippen LogP) is 3.95. The van der Waals surface area contributed by atoms with Gasteiger partial charge in [-0.15, -0.1) is 0 Å². The molecule has 112 valence electrons. The molecule has 1 aliphatic rings. The highest BCUT2D eigenvalue weighted by Crippen LogP contribution is 2.34. The number of anilines is 1. The summed E-state index contributed by atoms with van der Waals surface area (Å²) in [4.78, 5) is 2.40. The molecule has 1 aromatic carbocycles. The van der Waals surface area contributed by atoms with Crippen LogP contribution in [0.1, 0.15) is 40.0 Å². The van der Waals surface area contributed by atoms with E-state index in [1.807, 2.05) is 0 Å². The van der Waals surface area contributed by atoms with E-state index in [0.29, 0.717) is 5.92 Å². The first kappa shape index (κ1) is 15.4. The van der Waals surface area contributed by atoms with Gasteiger partial charge in [-0.1, -0.05) is 32.0 Å². The van der Waals surface area contributed by atoms with E-state index < -0.39 is 0 Å². The molecule has 20 heavy (non-hydrogen) atoms. The van der Waals surface area contributed by atoms with Crippen molar-refractivity contribution < 1.29 is 5.11 Å². The molecule has 3 atom stereocenters. The average molecular weight is 275 g/mol. The summed E-state index contributed by atoms with van der Waals surface area (Å²) in [6, 6.07) is 10.6. The minimum absolute atomic E-state index is 0.122. The Morgan fingerprint density at radius 3 is 2.50 bits per heavy atom. The van der Waals surface area contributed by atoms with Gasteiger partial charge < -0.3 is 10.0 Å². The standard InChI is InChI=1S/C18H29NO/c1-4-19(17-8-6-5-7-9-17)13-16-12-15(14(2)3)10-11-18(16)20/h5-9,14-16,18,20H,4,10-13H2,1-3H3. The maximum Gasteiger partial charge on any atom is 0.0585 e. The van der Waals surface area contributed by atoms with E-state index in [-0.39, 0.29) is 6.10 Å². The Kier molecular flexibility index (Phi) is 5.47. The van der Waals surface area contributed by atoms with Gasteiger partial charge in [0.15, 0.2) is 0 Å². The Labute approximate surface area is 123 Å². The second kappa shape index (κ2) is 7.12. The lowest BCUT2D eigenvalue weighted by atomic mass is 9.74. The van der Waals surface area contributed by atoms with E-state index in [4.69, 9.17) is 0 Å². The lowest BCUT2D eigenvalue weighted by Gasteiger charge is -2.38. The van der Waals surface area contributed by atoms with Gasteiger partial charge in [0.25, 0.3) is 0 Å². The molecule has 0 amide bonds. The van der Waals surface area contributed by atoms with Crippen LogP contribution in [0.15, 0.2) is 30.3 Å². The summed E-state index contributed by atoms with van der Waals surface area (Å²) in [5.74, 6) is 1.92. The van der Waals surface area contributed by atoms with E-state index in [1.165, 1.54) is 18.5 Å². The Morgan fingerprint density at radius 2 is 1.90 bits per heavy atom. The Bertz CT molecular complexity index is 390. The van der Waals surface area contributed by atoms with Gasteiger partial charge in [-0.25, -0.2) is 0 Å². The van der Waals surface area contributed by atoms with Crippen LogP contribution in [0.2, 0.25) is 0 Å². The highest BCUT2D eigenvalue weighted by Gasteiger charge is 2.31. The van der Waals surface area contributed by atoms with Crippen molar-refractivity contribution in [3.63, 3.8) is 0 Å². The maximum atomic E-state index is 10.3. The minimum atomic E-state index is -0.122. The number of nitrogens with zero attached hydrogens (tertiary/aromatic N) is 1. The largest absolute Gasteiger partial charge is 0.393 e. The van der Waals surface area contributed by atoms with Gasteiger partial charge in [-0.3, -0.25) is 0 Å². The number of aliphatic hydroxyl groups excluding tert-OH is 1. The molecule has 1 N–H and O–H groups in total. The lowest BCUT2D eigenvalue weighted by molar-refractivity contribution is 0.0410. The normalized spacial score (nSPS) is 26.8. The quantitative estimate of drug-likeness (QED) is 0.879. The highest BCUT2D eigenvalue weighted by molar-refractivity contribution is 5.45. The molecular formula is C18H29NO. The van der Waals surface area contributed by atoms with Gasteiger partial charge in [-0.05, 0) is 50.2 Å². The summed E-state index contributed by atoms with van der Waals surface area (Å²) in [6.45, 7) is 8.80. The molecule has 0 radical (unpaired) electrons. The number of hydrogen-bond donors (Lipinski definition) is 1. The van der Waals surface area contributed by atoms with Crippen molar-refractivity contribution in [2.45, 2.75) is 46.1 Å². The first-order valence-electron chi connectivity index (χ1n) is 8.09. The fourth-order valence-electron chi connectivity index (χ4n) is 3.43. The first-order valence-corrected chi connectivity index (χ1v) is 8.09. The Hall–Kier alpha value is -1.02. The van der Waals surface area contributed by atoms with Crippen molar-refractivity contribution in [1.29, 1.82) is 0 Å². The van der Waals surface area contributed by atoms with E-state index in [0.717, 1.165) is 31.3 Å². The molecule has 1 fully saturated rings. The van der Waals surface area contributed by atoms with Crippen LogP contribution in [-0.2, 0) is 0 Å². The zero-order chi connectivity index (χ0) is 14.5. The van der Waals surface area contributed by atoms with E-state index >= 15 is 0 Å². The zero-order valence-electron chi connectivity index (χ0n) is 13.1. The fraction of sp³-hybridized carbons (Fsp3) is 0.667. The molecule has 2 rings (SSSR count). The van der Waals surface area contributed by atoms with Crippen LogP contribution in [0.3, 0.4) is 0 Å². The smallest absolute Gasteiger partial charge is 0.0585 e. The molecule has 2 heteroatoms. The minimum Gasteiger partial charge on any atom is -0.393 e. The monoisotopic (exact) mass is 275 g/mol. The molecule has 0 bridgehead atoms. The molecule has 0 spiro atoms. The van der Waals surface area contributed by atoms with Crippen LogP contribution in [0, 0.1) is 17.8 Å². The molecule has 2 nitrogen and oxygen atoms in total. The number of hydrogen-bond acceptors (Lipinski definition) is 2. The number of para-hydroxylation sites is 1. The number of aliphatic hydroxyl groups is 1. The van der Waals surface area contributed by atoms with Crippen molar-refractivity contribution in [1.82, 2.24) is 0 Å². The second-order valence-electron chi connectivity index (χ2n) is 6.52. The molecule has 1 saturated carbocycles. The molecule has 0 aliphatic heterocycles. The van der Waals surface area contributed by atoms with Crippen LogP contribution < -0.4 is 4.90 Å². The Morgan fingerprint density at radius 1 is 1.20 bits per heavy atom. The summed E-state index contributed by atoms with van der Waals surface area (Å²) in [5.41, 5.74) is 1.27. The van der Waals surface area contributed by atoms with Crippen LogP contribution >= 0.6 is 0 Å². The molecule has 0 heterocycles. The fourth-order valence-corrected chi connectivity index (χ4v) is 3.43. The van der Waals surface area contributed by atoms with Crippen molar-refractivity contribution in [2.24, 2.45) is 17.8 Å². The second-order valence-corrected chi connectivity index (χ2v) is 6.52. The summed E-state index contributed by atoms with van der Waals surface area (Å²) >= 11 is 0. The Balaban J connectivity index is 2.02. The molecule has 1 aromatic rings. The molecule has 1 aliphatic carbocycles. The van der Waals surface area contributed by atoms with Gasteiger partial charge in [0.1, 0.15) is 0 Å². The highest BCUT2D eigenvalue weighted by atomic mass is 16.3. The van der Waals surface area contributed by atoms with E-state index in [1.54, 1.807) is 0 Å². The summed E-state index contributed by atoms with van der Waals surface area (Å²) in [6.07, 6.45) is 3.21. The summed E-state index contributed by atoms with van der Waals surface area (Å²) < 4.78 is 0. The van der Waals surface area contributed by atoms with Crippen molar-refractivity contribution in [2.75, 3.05) is 18.0 Å². The molecule has 3 unspecified atom stereocenters. The zero-order valence-corrected chi connectivity index (χ0v) is 13.1.